The van der Waals surface area contributed by atoms with E-state index in [1.165, 1.54) is 0 Å². The Morgan fingerprint density at radius 1 is 1.15 bits per heavy atom. The van der Waals surface area contributed by atoms with E-state index in [0.717, 1.165) is 11.3 Å². The summed E-state index contributed by atoms with van der Waals surface area (Å²) in [4.78, 5) is 14.7. The number of carbonyl (C=O) groups is 1. The quantitative estimate of drug-likeness (QED) is 0.790. The van der Waals surface area contributed by atoms with E-state index in [9.17, 15) is 4.79 Å². The molecule has 0 aliphatic heterocycles. The van der Waals surface area contributed by atoms with E-state index in [0.29, 0.717) is 30.3 Å². The van der Waals surface area contributed by atoms with Crippen LogP contribution in [-0.2, 0) is 12.1 Å². The van der Waals surface area contributed by atoms with Crippen molar-refractivity contribution in [2.24, 2.45) is 0 Å². The van der Waals surface area contributed by atoms with E-state index in [1.54, 1.807) is 19.1 Å². The highest BCUT2D eigenvalue weighted by Crippen LogP contribution is 2.28. The topological polar surface area (TPSA) is 56.6 Å². The molecular weight excluding hydrogens is 330 g/mol. The zero-order valence-corrected chi connectivity index (χ0v) is 16.8. The Hall–Kier alpha value is -2.50. The van der Waals surface area contributed by atoms with Gasteiger partial charge in [-0.1, -0.05) is 6.07 Å². The van der Waals surface area contributed by atoms with Crippen LogP contribution in [0.2, 0.25) is 0 Å². The summed E-state index contributed by atoms with van der Waals surface area (Å²) in [6.07, 6.45) is 0. The molecule has 1 amide bonds. The van der Waals surface area contributed by atoms with Crippen LogP contribution in [0.5, 0.6) is 11.5 Å². The van der Waals surface area contributed by atoms with Crippen LogP contribution >= 0.6 is 0 Å². The Morgan fingerprint density at radius 2 is 1.81 bits per heavy atom. The number of carbonyl (C=O) groups excluding carboxylic acids is 1. The van der Waals surface area contributed by atoms with E-state index in [2.05, 4.69) is 25.9 Å². The maximum absolute atomic E-state index is 12.9. The molecule has 0 aliphatic carbocycles. The Bertz CT molecular complexity index is 775. The number of hydrogen-bond donors (Lipinski definition) is 0. The average molecular weight is 359 g/mol. The summed E-state index contributed by atoms with van der Waals surface area (Å²) in [6, 6.07) is 7.54. The van der Waals surface area contributed by atoms with Crippen molar-refractivity contribution < 1.29 is 14.3 Å². The number of ether oxygens (including phenoxy) is 2. The molecule has 1 heterocycles. The summed E-state index contributed by atoms with van der Waals surface area (Å²) >= 11 is 0. The van der Waals surface area contributed by atoms with Gasteiger partial charge < -0.3 is 14.4 Å². The van der Waals surface area contributed by atoms with Gasteiger partial charge in [0.2, 0.25) is 0 Å². The molecule has 0 unspecified atom stereocenters. The number of aromatic nitrogens is 2. The van der Waals surface area contributed by atoms with Crippen LogP contribution < -0.4 is 9.47 Å². The molecule has 1 aromatic heterocycles. The second kappa shape index (κ2) is 7.81. The van der Waals surface area contributed by atoms with Gasteiger partial charge in [0.1, 0.15) is 0 Å². The van der Waals surface area contributed by atoms with Crippen molar-refractivity contribution in [3.8, 4) is 11.5 Å². The SMILES string of the molecule is CCN(Cc1ccc(OC)c(OC)c1)C(=O)c1cc(C)n(C(C)(C)C)n1. The van der Waals surface area contributed by atoms with Crippen molar-refractivity contribution >= 4 is 5.91 Å². The predicted molar refractivity (Wildman–Crippen MR) is 102 cm³/mol. The van der Waals surface area contributed by atoms with Crippen molar-refractivity contribution in [1.82, 2.24) is 14.7 Å². The van der Waals surface area contributed by atoms with E-state index in [-0.39, 0.29) is 11.4 Å². The zero-order valence-electron chi connectivity index (χ0n) is 16.8. The van der Waals surface area contributed by atoms with Gasteiger partial charge in [0.05, 0.1) is 19.8 Å². The molecule has 26 heavy (non-hydrogen) atoms. The third kappa shape index (κ3) is 4.18. The second-order valence-electron chi connectivity index (χ2n) is 7.26. The highest BCUT2D eigenvalue weighted by molar-refractivity contribution is 5.92. The number of hydrogen-bond acceptors (Lipinski definition) is 4. The Balaban J connectivity index is 2.25. The van der Waals surface area contributed by atoms with Crippen LogP contribution in [0.25, 0.3) is 0 Å². The lowest BCUT2D eigenvalue weighted by Gasteiger charge is -2.22. The Morgan fingerprint density at radius 3 is 2.31 bits per heavy atom. The summed E-state index contributed by atoms with van der Waals surface area (Å²) in [5.74, 6) is 1.25. The fourth-order valence-electron chi connectivity index (χ4n) is 2.95. The minimum Gasteiger partial charge on any atom is -0.493 e. The number of rotatable bonds is 6. The first-order chi connectivity index (χ1) is 12.2. The highest BCUT2D eigenvalue weighted by atomic mass is 16.5. The molecule has 142 valence electrons. The lowest BCUT2D eigenvalue weighted by Crippen LogP contribution is -2.31. The van der Waals surface area contributed by atoms with Gasteiger partial charge in [-0.25, -0.2) is 0 Å². The van der Waals surface area contributed by atoms with Crippen molar-refractivity contribution in [3.05, 3.63) is 41.2 Å². The van der Waals surface area contributed by atoms with Crippen molar-refractivity contribution in [1.29, 1.82) is 0 Å². The van der Waals surface area contributed by atoms with Gasteiger partial charge in [0.15, 0.2) is 17.2 Å². The molecule has 2 rings (SSSR count). The van der Waals surface area contributed by atoms with Gasteiger partial charge in [-0.15, -0.1) is 0 Å². The third-order valence-corrected chi connectivity index (χ3v) is 4.23. The maximum atomic E-state index is 12.9. The van der Waals surface area contributed by atoms with Crippen LogP contribution in [0.1, 0.15) is 49.4 Å². The van der Waals surface area contributed by atoms with Gasteiger partial charge in [0.25, 0.3) is 5.91 Å². The number of aryl methyl sites for hydroxylation is 1. The largest absolute Gasteiger partial charge is 0.493 e. The molecule has 0 atom stereocenters. The van der Waals surface area contributed by atoms with E-state index >= 15 is 0 Å². The summed E-state index contributed by atoms with van der Waals surface area (Å²) in [7, 11) is 3.21. The Labute approximate surface area is 155 Å². The summed E-state index contributed by atoms with van der Waals surface area (Å²) in [5, 5.41) is 4.53. The number of nitrogens with zero attached hydrogens (tertiary/aromatic N) is 3. The first-order valence-corrected chi connectivity index (χ1v) is 8.78. The fourth-order valence-corrected chi connectivity index (χ4v) is 2.95. The van der Waals surface area contributed by atoms with Crippen molar-refractivity contribution in [2.75, 3.05) is 20.8 Å². The summed E-state index contributed by atoms with van der Waals surface area (Å²) < 4.78 is 12.5. The lowest BCUT2D eigenvalue weighted by molar-refractivity contribution is 0.0744. The molecule has 0 bridgehead atoms. The molecule has 0 spiro atoms. The minimum absolute atomic E-state index is 0.0756. The molecule has 0 radical (unpaired) electrons. The van der Waals surface area contributed by atoms with E-state index in [4.69, 9.17) is 9.47 Å². The van der Waals surface area contributed by atoms with Gasteiger partial charge in [-0.05, 0) is 58.4 Å². The van der Waals surface area contributed by atoms with E-state index < -0.39 is 0 Å². The van der Waals surface area contributed by atoms with Crippen LogP contribution in [0.4, 0.5) is 0 Å². The van der Waals surface area contributed by atoms with Crippen LogP contribution in [0, 0.1) is 6.92 Å². The maximum Gasteiger partial charge on any atom is 0.274 e. The van der Waals surface area contributed by atoms with Crippen LogP contribution in [0.3, 0.4) is 0 Å². The molecule has 2 aromatic rings. The van der Waals surface area contributed by atoms with Gasteiger partial charge in [-0.2, -0.15) is 5.10 Å². The number of methoxy groups -OCH3 is 2. The molecule has 0 N–H and O–H groups in total. The molecular formula is C20H29N3O3. The molecule has 0 saturated heterocycles. The third-order valence-electron chi connectivity index (χ3n) is 4.23. The van der Waals surface area contributed by atoms with Crippen LogP contribution in [0.15, 0.2) is 24.3 Å². The zero-order chi connectivity index (χ0) is 19.5. The molecule has 0 saturated carbocycles. The Kier molecular flexibility index (Phi) is 5.95. The first-order valence-electron chi connectivity index (χ1n) is 8.78. The van der Waals surface area contributed by atoms with Gasteiger partial charge in [-0.3, -0.25) is 9.48 Å². The van der Waals surface area contributed by atoms with E-state index in [1.807, 2.05) is 42.8 Å². The minimum atomic E-state index is -0.164. The molecule has 6 nitrogen and oxygen atoms in total. The van der Waals surface area contributed by atoms with Crippen LogP contribution in [-0.4, -0.2) is 41.4 Å². The molecule has 0 aliphatic rings. The smallest absolute Gasteiger partial charge is 0.274 e. The molecule has 1 aromatic carbocycles. The summed E-state index contributed by atoms with van der Waals surface area (Å²) in [5.41, 5.74) is 2.26. The van der Waals surface area contributed by atoms with Gasteiger partial charge in [0, 0.05) is 18.8 Å². The molecule has 0 fully saturated rings. The first kappa shape index (κ1) is 19.8. The number of amides is 1. The second-order valence-corrected chi connectivity index (χ2v) is 7.26. The highest BCUT2D eigenvalue weighted by Gasteiger charge is 2.23. The predicted octanol–water partition coefficient (Wildman–Crippen LogP) is 3.63. The average Bonchev–Trinajstić information content (AvgIpc) is 3.01. The van der Waals surface area contributed by atoms with Gasteiger partial charge >= 0.3 is 0 Å². The lowest BCUT2D eigenvalue weighted by atomic mass is 10.1. The van der Waals surface area contributed by atoms with Crippen molar-refractivity contribution in [3.63, 3.8) is 0 Å². The van der Waals surface area contributed by atoms with Crippen molar-refractivity contribution in [2.45, 2.75) is 46.7 Å². The standard InChI is InChI=1S/C20H29N3O3/c1-8-22(13-15-9-10-17(25-6)18(12-15)26-7)19(24)16-11-14(2)23(21-16)20(3,4)5/h9-12H,8,13H2,1-7H3. The molecule has 6 heteroatoms. The monoisotopic (exact) mass is 359 g/mol. The normalized spacial score (nSPS) is 11.3. The number of benzene rings is 1. The summed E-state index contributed by atoms with van der Waals surface area (Å²) in [6.45, 7) is 11.2. The fraction of sp³-hybridized carbons (Fsp3) is 0.500.